The van der Waals surface area contributed by atoms with Crippen molar-refractivity contribution >= 4 is 50.6 Å². The molecule has 7 aromatic rings. The van der Waals surface area contributed by atoms with Gasteiger partial charge >= 0.3 is 6.01 Å². The van der Waals surface area contributed by atoms with Crippen LogP contribution in [0.3, 0.4) is 0 Å². The average Bonchev–Trinajstić information content (AvgIpc) is 4.28. The fourth-order valence-corrected chi connectivity index (χ4v) is 12.7. The summed E-state index contributed by atoms with van der Waals surface area (Å²) in [5.74, 6) is 0.402. The molecule has 0 radical (unpaired) electrons. The minimum atomic E-state index is -0.577. The predicted octanol–water partition coefficient (Wildman–Crippen LogP) is 11.3. The second-order valence-electron chi connectivity index (χ2n) is 21.0. The minimum absolute atomic E-state index is 0.0330. The van der Waals surface area contributed by atoms with Crippen LogP contribution in [0.25, 0.3) is 43.4 Å². The zero-order valence-electron chi connectivity index (χ0n) is 44.4. The number of thiazole rings is 1. The first-order valence-corrected chi connectivity index (χ1v) is 28.3. The number of carbonyl (C=O) groups is 2. The van der Waals surface area contributed by atoms with Crippen LogP contribution in [0.4, 0.5) is 10.2 Å². The van der Waals surface area contributed by atoms with Gasteiger partial charge in [-0.05, 0) is 123 Å². The highest BCUT2D eigenvalue weighted by Crippen LogP contribution is 2.44. The maximum absolute atomic E-state index is 17.2. The second-order valence-corrected chi connectivity index (χ2v) is 21.8. The van der Waals surface area contributed by atoms with E-state index in [1.807, 2.05) is 49.7 Å². The van der Waals surface area contributed by atoms with Gasteiger partial charge in [-0.25, -0.2) is 9.37 Å². The average molecular weight is 1050 g/mol. The number of rotatable bonds is 15. The highest BCUT2D eigenvalue weighted by molar-refractivity contribution is 7.13. The largest absolute Gasteiger partial charge is 0.508 e. The van der Waals surface area contributed by atoms with Gasteiger partial charge in [0, 0.05) is 43.5 Å². The number of benzene rings is 3. The Bertz CT molecular complexity index is 3180. The van der Waals surface area contributed by atoms with Gasteiger partial charge in [0.15, 0.2) is 5.82 Å². The van der Waals surface area contributed by atoms with Crippen LogP contribution >= 0.6 is 11.3 Å². The number of aromatic hydroxyl groups is 1. The molecule has 0 saturated carbocycles. The van der Waals surface area contributed by atoms with Crippen molar-refractivity contribution in [3.05, 3.63) is 101 Å². The molecule has 17 heteroatoms. The normalized spacial score (nSPS) is 20.1. The van der Waals surface area contributed by atoms with E-state index in [0.717, 1.165) is 122 Å². The molecule has 4 aliphatic rings. The van der Waals surface area contributed by atoms with E-state index < -0.39 is 11.9 Å². The number of aromatic nitrogens is 5. The first-order chi connectivity index (χ1) is 37.0. The Hall–Kier alpha value is -6.72. The first-order valence-electron chi connectivity index (χ1n) is 27.4. The lowest BCUT2D eigenvalue weighted by Crippen LogP contribution is -2.48. The molecule has 2 amide bonds. The van der Waals surface area contributed by atoms with Crippen LogP contribution in [0, 0.1) is 12.7 Å². The van der Waals surface area contributed by atoms with Crippen molar-refractivity contribution in [2.75, 3.05) is 44.3 Å². The molecular weight excluding hydrogens is 982 g/mol. The van der Waals surface area contributed by atoms with Gasteiger partial charge in [0.25, 0.3) is 5.88 Å². The lowest BCUT2D eigenvalue weighted by Gasteiger charge is -2.34. The fourth-order valence-electron chi connectivity index (χ4n) is 11.9. The topological polar surface area (TPSA) is 172 Å². The third-order valence-corrected chi connectivity index (χ3v) is 16.7. The smallest absolute Gasteiger partial charge is 0.319 e. The van der Waals surface area contributed by atoms with Crippen molar-refractivity contribution in [1.82, 2.24) is 40.2 Å². The van der Waals surface area contributed by atoms with Crippen molar-refractivity contribution in [2.45, 2.75) is 142 Å². The molecule has 0 aliphatic carbocycles. The Kier molecular flexibility index (Phi) is 16.1. The van der Waals surface area contributed by atoms with Crippen LogP contribution in [0.1, 0.15) is 127 Å². The quantitative estimate of drug-likeness (QED) is 0.0994. The molecule has 4 saturated heterocycles. The number of phenols is 1. The highest BCUT2D eigenvalue weighted by atomic mass is 32.1. The number of ether oxygens (including phenoxy) is 2. The molecule has 76 heavy (non-hydrogen) atoms. The van der Waals surface area contributed by atoms with Gasteiger partial charge < -0.3 is 34.2 Å². The molecule has 8 heterocycles. The second kappa shape index (κ2) is 23.3. The van der Waals surface area contributed by atoms with Gasteiger partial charge in [0.05, 0.1) is 39.5 Å². The van der Waals surface area contributed by atoms with E-state index in [-0.39, 0.29) is 58.8 Å². The van der Waals surface area contributed by atoms with Crippen molar-refractivity contribution in [1.29, 1.82) is 0 Å². The number of likely N-dealkylation sites (tertiary alicyclic amines) is 1. The summed E-state index contributed by atoms with van der Waals surface area (Å²) < 4.78 is 35.7. The summed E-state index contributed by atoms with van der Waals surface area (Å²) in [6, 6.07) is 18.4. The van der Waals surface area contributed by atoms with E-state index in [1.165, 1.54) is 6.42 Å². The molecule has 0 spiro atoms. The molecule has 0 bridgehead atoms. The maximum atomic E-state index is 17.2. The van der Waals surface area contributed by atoms with Gasteiger partial charge in [0.1, 0.15) is 47.8 Å². The first kappa shape index (κ1) is 52.7. The molecule has 400 valence electrons. The number of phenolic OH excluding ortho intramolecular Hbond substituents is 1. The molecular formula is C59H70FN9O6S. The Morgan fingerprint density at radius 3 is 2.50 bits per heavy atom. The molecule has 15 nitrogen and oxygen atoms in total. The number of halogens is 1. The number of hydrogen-bond donors (Lipinski definition) is 2. The summed E-state index contributed by atoms with van der Waals surface area (Å²) in [6.45, 7) is 13.9. The van der Waals surface area contributed by atoms with E-state index in [0.29, 0.717) is 54.6 Å². The van der Waals surface area contributed by atoms with Gasteiger partial charge in [-0.15, -0.1) is 11.3 Å². The van der Waals surface area contributed by atoms with Crippen LogP contribution in [-0.2, 0) is 22.4 Å². The Morgan fingerprint density at radius 1 is 0.934 bits per heavy atom. The van der Waals surface area contributed by atoms with Gasteiger partial charge in [-0.3, -0.25) is 19.5 Å². The standard InChI is InChI=1S/C56H62FN9O6S.C3H8/c1-4-36-12-9-13-39-26-41(67)27-43(48(36)39)50-49(57)51-44(30-58-50)53(64-22-7-5-6-8-23-64)62-55(61-51)71-32-56-20-11-25-66(56)40(19-21-56)31-70-46-28-42(72-63-46)29-47(68)65-24-10-14-45(65)54(69)60-34(2)37-15-17-38(18-16-37)52-35(3)59-33-73-52;1-3-2/h9,12-13,15-18,26-28,30,33-34,40,45,67H,4-8,10-11,14,19-25,29,31-32H2,1-3H3,(H,60,69);3H2,1-2H3. The lowest BCUT2D eigenvalue weighted by molar-refractivity contribution is -0.138. The number of hydrogen-bond acceptors (Lipinski definition) is 14. The van der Waals surface area contributed by atoms with Crippen molar-refractivity contribution < 1.29 is 33.1 Å². The SMILES string of the molecule is CCC.CCc1cccc2cc(O)cc(-c3ncc4c(N5CCCCCC5)nc(OCC56CCCN5C(COc5cc(CC(=O)N7CCCC7C(=O)NC(C)c7ccc(-c8scnc8C)cc7)on5)CC6)nc4c3F)c12. The molecule has 4 atom stereocenters. The number of fused-ring (bicyclic) bond motifs is 3. The number of pyridine rings is 1. The van der Waals surface area contributed by atoms with E-state index in [9.17, 15) is 14.7 Å². The van der Waals surface area contributed by atoms with E-state index >= 15 is 4.39 Å². The zero-order chi connectivity index (χ0) is 52.9. The fraction of sp³-hybridized carbons (Fsp3) is 0.475. The molecule has 4 unspecified atom stereocenters. The number of aryl methyl sites for hydroxylation is 2. The summed E-state index contributed by atoms with van der Waals surface area (Å²) in [5, 5.41) is 20.3. The van der Waals surface area contributed by atoms with Crippen molar-refractivity contribution in [2.24, 2.45) is 0 Å². The number of nitrogens with zero attached hydrogens (tertiary/aromatic N) is 8. The van der Waals surface area contributed by atoms with Crippen molar-refractivity contribution in [3.63, 3.8) is 0 Å². The van der Waals surface area contributed by atoms with Gasteiger partial charge in [0.2, 0.25) is 11.8 Å². The van der Waals surface area contributed by atoms with Crippen LogP contribution in [0.2, 0.25) is 0 Å². The van der Waals surface area contributed by atoms with E-state index in [1.54, 1.807) is 40.6 Å². The van der Waals surface area contributed by atoms with Gasteiger partial charge in [-0.2, -0.15) is 9.97 Å². The molecule has 11 rings (SSSR count). The predicted molar refractivity (Wildman–Crippen MR) is 294 cm³/mol. The Balaban J connectivity index is 0.00000214. The minimum Gasteiger partial charge on any atom is -0.508 e. The number of nitrogens with one attached hydrogen (secondary N) is 1. The maximum Gasteiger partial charge on any atom is 0.319 e. The Morgan fingerprint density at radius 2 is 1.74 bits per heavy atom. The van der Waals surface area contributed by atoms with Crippen molar-refractivity contribution in [3.8, 4) is 39.3 Å². The zero-order valence-corrected chi connectivity index (χ0v) is 45.3. The molecule has 4 aliphatic heterocycles. The molecule has 4 aromatic heterocycles. The van der Waals surface area contributed by atoms with E-state index in [2.05, 4.69) is 58.2 Å². The molecule has 3 aromatic carbocycles. The number of anilines is 1. The lowest BCUT2D eigenvalue weighted by atomic mass is 9.95. The molecule has 2 N–H and O–H groups in total. The summed E-state index contributed by atoms with van der Waals surface area (Å²) >= 11 is 1.61. The summed E-state index contributed by atoms with van der Waals surface area (Å²) in [4.78, 5) is 53.6. The molecule has 4 fully saturated rings. The van der Waals surface area contributed by atoms with Gasteiger partial charge in [-0.1, -0.05) is 82.5 Å². The highest BCUT2D eigenvalue weighted by Gasteiger charge is 2.50. The monoisotopic (exact) mass is 1050 g/mol. The third-order valence-electron chi connectivity index (χ3n) is 15.7. The van der Waals surface area contributed by atoms with Crippen LogP contribution < -0.4 is 19.7 Å². The van der Waals surface area contributed by atoms with Crippen LogP contribution in [0.15, 0.2) is 76.9 Å². The third kappa shape index (κ3) is 11.0. The summed E-state index contributed by atoms with van der Waals surface area (Å²) in [7, 11) is 0. The number of carbonyl (C=O) groups excluding carboxylic acids is 2. The summed E-state index contributed by atoms with van der Waals surface area (Å²) in [5.41, 5.74) is 6.45. The Labute approximate surface area is 448 Å². The summed E-state index contributed by atoms with van der Waals surface area (Å²) in [6.07, 6.45) is 12.9. The van der Waals surface area contributed by atoms with Crippen LogP contribution in [-0.4, -0.2) is 109 Å². The van der Waals surface area contributed by atoms with Crippen LogP contribution in [0.5, 0.6) is 17.6 Å². The van der Waals surface area contributed by atoms with E-state index in [4.69, 9.17) is 28.9 Å². The number of amides is 2.